The zero-order valence-corrected chi connectivity index (χ0v) is 10.5. The molecule has 1 aromatic carbocycles. The molecule has 0 amide bonds. The number of rotatable bonds is 3. The third-order valence-electron chi connectivity index (χ3n) is 3.52. The Morgan fingerprint density at radius 1 is 1.29 bits per heavy atom. The molecule has 0 saturated carbocycles. The van der Waals surface area contributed by atoms with Gasteiger partial charge in [-0.25, -0.2) is 0 Å². The van der Waals surface area contributed by atoms with Crippen molar-refractivity contribution in [2.24, 2.45) is 5.92 Å². The summed E-state index contributed by atoms with van der Waals surface area (Å²) in [5.41, 5.74) is 0.935. The zero-order chi connectivity index (χ0) is 12.1. The van der Waals surface area contributed by atoms with Gasteiger partial charge in [0.2, 0.25) is 0 Å². The Bertz CT molecular complexity index is 346. The summed E-state index contributed by atoms with van der Waals surface area (Å²) in [4.78, 5) is 2.17. The number of phenols is 1. The van der Waals surface area contributed by atoms with Crippen LogP contribution in [0, 0.1) is 5.92 Å². The number of nitrogens with zero attached hydrogens (tertiary/aromatic N) is 1. The van der Waals surface area contributed by atoms with Gasteiger partial charge in [-0.1, -0.05) is 12.1 Å². The Hall–Kier alpha value is -1.22. The van der Waals surface area contributed by atoms with Gasteiger partial charge >= 0.3 is 0 Å². The van der Waals surface area contributed by atoms with Crippen molar-refractivity contribution in [3.63, 3.8) is 0 Å². The van der Waals surface area contributed by atoms with E-state index in [0.29, 0.717) is 5.75 Å². The van der Waals surface area contributed by atoms with Crippen molar-refractivity contribution >= 4 is 5.69 Å². The molecule has 0 aliphatic carbocycles. The maximum atomic E-state index is 9.81. The van der Waals surface area contributed by atoms with E-state index >= 15 is 0 Å². The maximum Gasteiger partial charge on any atom is 0.138 e. The molecule has 17 heavy (non-hydrogen) atoms. The van der Waals surface area contributed by atoms with Crippen LogP contribution in [0.2, 0.25) is 0 Å². The highest BCUT2D eigenvalue weighted by Crippen LogP contribution is 2.27. The van der Waals surface area contributed by atoms with E-state index in [0.717, 1.165) is 31.2 Å². The Kier molecular flexibility index (Phi) is 4.26. The fourth-order valence-corrected chi connectivity index (χ4v) is 2.55. The first-order valence-corrected chi connectivity index (χ1v) is 6.47. The van der Waals surface area contributed by atoms with Crippen LogP contribution in [0.4, 0.5) is 5.69 Å². The molecular weight excluding hydrogens is 212 g/mol. The molecule has 1 aromatic rings. The average Bonchev–Trinajstić information content (AvgIpc) is 2.58. The van der Waals surface area contributed by atoms with Crippen molar-refractivity contribution in [1.82, 2.24) is 5.32 Å². The summed E-state index contributed by atoms with van der Waals surface area (Å²) in [6, 6.07) is 7.56. The smallest absolute Gasteiger partial charge is 0.138 e. The summed E-state index contributed by atoms with van der Waals surface area (Å²) in [5.74, 6) is 1.11. The van der Waals surface area contributed by atoms with E-state index in [4.69, 9.17) is 0 Å². The van der Waals surface area contributed by atoms with Gasteiger partial charge in [-0.05, 0) is 50.4 Å². The summed E-state index contributed by atoms with van der Waals surface area (Å²) in [7, 11) is 2.06. The third-order valence-corrected chi connectivity index (χ3v) is 3.52. The fourth-order valence-electron chi connectivity index (χ4n) is 2.55. The van der Waals surface area contributed by atoms with E-state index in [2.05, 4.69) is 17.3 Å². The lowest BCUT2D eigenvalue weighted by atomic mass is 10.00. The van der Waals surface area contributed by atoms with Crippen LogP contribution >= 0.6 is 0 Å². The van der Waals surface area contributed by atoms with E-state index in [1.165, 1.54) is 19.3 Å². The number of benzene rings is 1. The normalized spacial score (nSPS) is 20.9. The quantitative estimate of drug-likeness (QED) is 0.841. The molecule has 0 bridgehead atoms. The molecule has 1 atom stereocenters. The second-order valence-corrected chi connectivity index (χ2v) is 4.92. The van der Waals surface area contributed by atoms with Gasteiger partial charge in [0.15, 0.2) is 0 Å². The van der Waals surface area contributed by atoms with Crippen molar-refractivity contribution in [2.45, 2.75) is 19.3 Å². The lowest BCUT2D eigenvalue weighted by molar-refractivity contribution is 0.458. The van der Waals surface area contributed by atoms with Crippen LogP contribution in [-0.2, 0) is 0 Å². The second-order valence-electron chi connectivity index (χ2n) is 4.92. The van der Waals surface area contributed by atoms with Gasteiger partial charge in [-0.2, -0.15) is 0 Å². The van der Waals surface area contributed by atoms with Crippen LogP contribution in [0.15, 0.2) is 24.3 Å². The molecule has 2 rings (SSSR count). The molecule has 1 aliphatic heterocycles. The van der Waals surface area contributed by atoms with Crippen molar-refractivity contribution in [3.05, 3.63) is 24.3 Å². The molecular formula is C14H22N2O. The predicted octanol–water partition coefficient (Wildman–Crippen LogP) is 2.22. The maximum absolute atomic E-state index is 9.81. The van der Waals surface area contributed by atoms with Gasteiger partial charge in [-0.3, -0.25) is 0 Å². The van der Waals surface area contributed by atoms with Gasteiger partial charge in [-0.15, -0.1) is 0 Å². The molecule has 94 valence electrons. The van der Waals surface area contributed by atoms with Crippen LogP contribution < -0.4 is 10.2 Å². The minimum absolute atomic E-state index is 0.377. The van der Waals surface area contributed by atoms with Crippen molar-refractivity contribution in [1.29, 1.82) is 0 Å². The van der Waals surface area contributed by atoms with Crippen LogP contribution in [0.3, 0.4) is 0 Å². The van der Waals surface area contributed by atoms with Gasteiger partial charge in [0.1, 0.15) is 5.75 Å². The summed E-state index contributed by atoms with van der Waals surface area (Å²) in [6.07, 6.45) is 3.78. The number of aromatic hydroxyl groups is 1. The van der Waals surface area contributed by atoms with E-state index in [-0.39, 0.29) is 0 Å². The topological polar surface area (TPSA) is 35.5 Å². The summed E-state index contributed by atoms with van der Waals surface area (Å²) in [5, 5.41) is 13.2. The molecule has 0 radical (unpaired) electrons. The van der Waals surface area contributed by atoms with Gasteiger partial charge < -0.3 is 15.3 Å². The molecule has 1 fully saturated rings. The Morgan fingerprint density at radius 2 is 2.12 bits per heavy atom. The average molecular weight is 234 g/mol. The van der Waals surface area contributed by atoms with Gasteiger partial charge in [0, 0.05) is 13.6 Å². The largest absolute Gasteiger partial charge is 0.506 e. The van der Waals surface area contributed by atoms with Crippen LogP contribution in [0.5, 0.6) is 5.75 Å². The Labute approximate surface area is 103 Å². The highest BCUT2D eigenvalue weighted by Gasteiger charge is 2.15. The molecule has 3 heteroatoms. The first-order chi connectivity index (χ1) is 8.27. The summed E-state index contributed by atoms with van der Waals surface area (Å²) < 4.78 is 0. The molecule has 3 nitrogen and oxygen atoms in total. The fraction of sp³-hybridized carbons (Fsp3) is 0.571. The lowest BCUT2D eigenvalue weighted by Gasteiger charge is -2.25. The number of phenolic OH excluding ortho intramolecular Hbond substituents is 1. The summed E-state index contributed by atoms with van der Waals surface area (Å²) in [6.45, 7) is 3.30. The first-order valence-electron chi connectivity index (χ1n) is 6.47. The number of hydrogen-bond donors (Lipinski definition) is 2. The second kappa shape index (κ2) is 5.92. The van der Waals surface area contributed by atoms with Crippen LogP contribution in [0.25, 0.3) is 0 Å². The Morgan fingerprint density at radius 3 is 2.94 bits per heavy atom. The van der Waals surface area contributed by atoms with Gasteiger partial charge in [0.05, 0.1) is 5.69 Å². The van der Waals surface area contributed by atoms with Crippen molar-refractivity contribution in [2.75, 3.05) is 31.6 Å². The van der Waals surface area contributed by atoms with E-state index in [1.807, 2.05) is 18.2 Å². The third kappa shape index (κ3) is 3.37. The first kappa shape index (κ1) is 12.2. The number of hydrogen-bond acceptors (Lipinski definition) is 3. The van der Waals surface area contributed by atoms with Crippen LogP contribution in [0.1, 0.15) is 19.3 Å². The van der Waals surface area contributed by atoms with Gasteiger partial charge in [0.25, 0.3) is 0 Å². The molecule has 1 aliphatic rings. The monoisotopic (exact) mass is 234 g/mol. The van der Waals surface area contributed by atoms with Crippen molar-refractivity contribution < 1.29 is 5.11 Å². The Balaban J connectivity index is 1.96. The highest BCUT2D eigenvalue weighted by molar-refractivity contribution is 5.56. The molecule has 0 spiro atoms. The molecule has 1 saturated heterocycles. The standard InChI is InChI=1S/C14H22N2O/c1-16(13-6-2-3-7-14(13)17)11-12-5-4-9-15-10-8-12/h2-3,6-7,12,15,17H,4-5,8-11H2,1H3. The van der Waals surface area contributed by atoms with E-state index in [9.17, 15) is 5.11 Å². The number of para-hydroxylation sites is 2. The van der Waals surface area contributed by atoms with E-state index in [1.54, 1.807) is 6.07 Å². The summed E-state index contributed by atoms with van der Waals surface area (Å²) >= 11 is 0. The minimum atomic E-state index is 0.377. The SMILES string of the molecule is CN(CC1CCCNCC1)c1ccccc1O. The van der Waals surface area contributed by atoms with Crippen LogP contribution in [-0.4, -0.2) is 31.8 Å². The van der Waals surface area contributed by atoms with Crippen molar-refractivity contribution in [3.8, 4) is 5.75 Å². The number of anilines is 1. The minimum Gasteiger partial charge on any atom is -0.506 e. The molecule has 2 N–H and O–H groups in total. The number of nitrogens with one attached hydrogen (secondary N) is 1. The molecule has 1 unspecified atom stereocenters. The van der Waals surface area contributed by atoms with E-state index < -0.39 is 0 Å². The molecule has 1 heterocycles. The molecule has 0 aromatic heterocycles. The highest BCUT2D eigenvalue weighted by atomic mass is 16.3. The lowest BCUT2D eigenvalue weighted by Crippen LogP contribution is -2.26. The predicted molar refractivity (Wildman–Crippen MR) is 71.6 cm³/mol. The zero-order valence-electron chi connectivity index (χ0n) is 10.5.